The van der Waals surface area contributed by atoms with Gasteiger partial charge < -0.3 is 19.4 Å². The van der Waals surface area contributed by atoms with Crippen LogP contribution in [0.5, 0.6) is 5.75 Å². The number of alkyl halides is 3. The number of nitro groups is 1. The molecule has 0 spiro atoms. The van der Waals surface area contributed by atoms with E-state index in [0.717, 1.165) is 44.1 Å². The molecule has 0 unspecified atom stereocenters. The zero-order valence-electron chi connectivity index (χ0n) is 23.3. The van der Waals surface area contributed by atoms with Crippen LogP contribution in [0.15, 0.2) is 48.5 Å². The Morgan fingerprint density at radius 2 is 1.43 bits per heavy atom. The van der Waals surface area contributed by atoms with Crippen molar-refractivity contribution < 1.29 is 32.4 Å². The lowest BCUT2D eigenvalue weighted by atomic mass is 9.79. The number of anilines is 1. The number of carbonyl (C=O) groups is 2. The van der Waals surface area contributed by atoms with Crippen molar-refractivity contribution in [2.24, 2.45) is 11.8 Å². The first kappa shape index (κ1) is 29.7. The summed E-state index contributed by atoms with van der Waals surface area (Å²) in [5.74, 6) is -0.319. The third-order valence-electron chi connectivity index (χ3n) is 8.61. The number of ether oxygens (including phenoxy) is 1. The number of likely N-dealkylation sites (tertiary alicyclic amines) is 1. The van der Waals surface area contributed by atoms with Crippen LogP contribution in [0.2, 0.25) is 0 Å². The smallest absolute Gasteiger partial charge is 0.423 e. The van der Waals surface area contributed by atoms with Gasteiger partial charge in [0, 0.05) is 75.7 Å². The highest BCUT2D eigenvalue weighted by Crippen LogP contribution is 2.39. The van der Waals surface area contributed by atoms with Crippen LogP contribution in [0.4, 0.5) is 24.5 Å². The van der Waals surface area contributed by atoms with Crippen molar-refractivity contribution in [3.8, 4) is 5.75 Å². The van der Waals surface area contributed by atoms with Crippen LogP contribution >= 0.6 is 0 Å². The van der Waals surface area contributed by atoms with Gasteiger partial charge in [-0.05, 0) is 43.5 Å². The zero-order chi connectivity index (χ0) is 29.9. The molecule has 2 aliphatic heterocycles. The van der Waals surface area contributed by atoms with E-state index in [-0.39, 0.29) is 29.4 Å². The van der Waals surface area contributed by atoms with E-state index in [1.807, 2.05) is 23.1 Å². The molecular formula is C30H35F3N4O5. The fraction of sp³-hybridized carbons (Fsp3) is 0.533. The SMILES string of the molecule is O=C([C@@H]1CCC[C@H](C(=O)N2CCC(Oc3ccc([N+](=O)[O-])c(C(F)(F)F)c3)CC2)C1)N1CCN(c2ccccc2)CC1. The Balaban J connectivity index is 1.11. The molecule has 0 aromatic heterocycles. The number of hydrogen-bond donors (Lipinski definition) is 0. The molecule has 2 amide bonds. The lowest BCUT2D eigenvalue weighted by Crippen LogP contribution is -2.51. The number of rotatable bonds is 6. The van der Waals surface area contributed by atoms with Gasteiger partial charge >= 0.3 is 6.18 Å². The van der Waals surface area contributed by atoms with Gasteiger partial charge in [-0.25, -0.2) is 0 Å². The molecule has 0 radical (unpaired) electrons. The lowest BCUT2D eigenvalue weighted by Gasteiger charge is -2.40. The number of piperidine rings is 1. The average molecular weight is 589 g/mol. The van der Waals surface area contributed by atoms with Crippen LogP contribution < -0.4 is 9.64 Å². The molecular weight excluding hydrogens is 553 g/mol. The van der Waals surface area contributed by atoms with Gasteiger partial charge in [-0.2, -0.15) is 13.2 Å². The van der Waals surface area contributed by atoms with Crippen molar-refractivity contribution in [3.63, 3.8) is 0 Å². The van der Waals surface area contributed by atoms with E-state index in [4.69, 9.17) is 4.74 Å². The van der Waals surface area contributed by atoms with Crippen LogP contribution in [-0.4, -0.2) is 71.9 Å². The molecule has 2 atom stereocenters. The summed E-state index contributed by atoms with van der Waals surface area (Å²) in [6, 6.07) is 12.8. The Morgan fingerprint density at radius 1 is 0.833 bits per heavy atom. The molecule has 42 heavy (non-hydrogen) atoms. The quantitative estimate of drug-likeness (QED) is 0.343. The van der Waals surface area contributed by atoms with Gasteiger partial charge in [0.05, 0.1) is 4.92 Å². The molecule has 9 nitrogen and oxygen atoms in total. The molecule has 2 aromatic rings. The maximum atomic E-state index is 13.4. The standard InChI is InChI=1S/C30H35F3N4O5/c31-30(32,33)26-20-25(9-10-27(26)37(40)41)42-24-11-13-35(14-12-24)28(38)21-5-4-6-22(19-21)29(39)36-17-15-34(16-18-36)23-7-2-1-3-8-23/h1-3,7-10,20-22,24H,4-6,11-19H2/t21-,22+/m0/s1. The van der Waals surface area contributed by atoms with Crippen LogP contribution in [0.3, 0.4) is 0 Å². The number of hydrogen-bond acceptors (Lipinski definition) is 6. The Hall–Kier alpha value is -3.83. The van der Waals surface area contributed by atoms with E-state index < -0.39 is 28.5 Å². The average Bonchev–Trinajstić information content (AvgIpc) is 3.01. The zero-order valence-corrected chi connectivity index (χ0v) is 23.3. The predicted octanol–water partition coefficient (Wildman–Crippen LogP) is 5.14. The molecule has 5 rings (SSSR count). The van der Waals surface area contributed by atoms with Gasteiger partial charge in [0.1, 0.15) is 17.4 Å². The second kappa shape index (κ2) is 12.6. The molecule has 3 fully saturated rings. The molecule has 1 aliphatic carbocycles. The fourth-order valence-corrected chi connectivity index (χ4v) is 6.34. The topological polar surface area (TPSA) is 96.2 Å². The maximum Gasteiger partial charge on any atom is 0.423 e. The number of halogens is 3. The molecule has 1 saturated carbocycles. The van der Waals surface area contributed by atoms with Gasteiger partial charge in [-0.3, -0.25) is 19.7 Å². The molecule has 2 saturated heterocycles. The number of piperazine rings is 1. The number of benzene rings is 2. The summed E-state index contributed by atoms with van der Waals surface area (Å²) in [4.78, 5) is 42.7. The summed E-state index contributed by atoms with van der Waals surface area (Å²) in [6.07, 6.45) is -1.54. The number of carbonyl (C=O) groups excluding carboxylic acids is 2. The molecule has 2 aromatic carbocycles. The number of nitrogens with zero attached hydrogens (tertiary/aromatic N) is 4. The van der Waals surface area contributed by atoms with Gasteiger partial charge in [0.2, 0.25) is 11.8 Å². The van der Waals surface area contributed by atoms with Crippen LogP contribution in [0, 0.1) is 22.0 Å². The van der Waals surface area contributed by atoms with E-state index >= 15 is 0 Å². The third-order valence-corrected chi connectivity index (χ3v) is 8.61. The Labute approximate surface area is 242 Å². The van der Waals surface area contributed by atoms with Crippen molar-refractivity contribution in [1.82, 2.24) is 9.80 Å². The van der Waals surface area contributed by atoms with Crippen LogP contribution in [0.25, 0.3) is 0 Å². The highest BCUT2D eigenvalue weighted by atomic mass is 19.4. The van der Waals surface area contributed by atoms with E-state index in [9.17, 15) is 32.9 Å². The molecule has 12 heteroatoms. The summed E-state index contributed by atoms with van der Waals surface area (Å²) in [7, 11) is 0. The normalized spacial score (nSPS) is 22.1. The van der Waals surface area contributed by atoms with Crippen LogP contribution in [-0.2, 0) is 15.8 Å². The minimum absolute atomic E-state index is 0.0227. The van der Waals surface area contributed by atoms with E-state index in [1.54, 1.807) is 4.90 Å². The monoisotopic (exact) mass is 588 g/mol. The van der Waals surface area contributed by atoms with Gasteiger partial charge in [-0.1, -0.05) is 24.6 Å². The van der Waals surface area contributed by atoms with Gasteiger partial charge in [-0.15, -0.1) is 0 Å². The summed E-state index contributed by atoms with van der Waals surface area (Å²) in [6.45, 7) is 3.68. The second-order valence-corrected chi connectivity index (χ2v) is 11.3. The van der Waals surface area contributed by atoms with Crippen molar-refractivity contribution in [2.75, 3.05) is 44.2 Å². The summed E-state index contributed by atoms with van der Waals surface area (Å²) in [5.41, 5.74) is -1.22. The molecule has 2 heterocycles. The fourth-order valence-electron chi connectivity index (χ4n) is 6.34. The summed E-state index contributed by atoms with van der Waals surface area (Å²) in [5, 5.41) is 11.0. The minimum atomic E-state index is -4.88. The largest absolute Gasteiger partial charge is 0.490 e. The lowest BCUT2D eigenvalue weighted by molar-refractivity contribution is -0.388. The van der Waals surface area contributed by atoms with E-state index in [1.165, 1.54) is 6.07 Å². The van der Waals surface area contributed by atoms with Crippen LogP contribution in [0.1, 0.15) is 44.1 Å². The van der Waals surface area contributed by atoms with Crippen molar-refractivity contribution >= 4 is 23.2 Å². The number of para-hydroxylation sites is 1. The van der Waals surface area contributed by atoms with Crippen molar-refractivity contribution in [2.45, 2.75) is 50.8 Å². The Kier molecular flexibility index (Phi) is 8.88. The Bertz CT molecular complexity index is 1280. The number of nitro benzene ring substituents is 1. The highest BCUT2D eigenvalue weighted by molar-refractivity contribution is 5.83. The van der Waals surface area contributed by atoms with E-state index in [2.05, 4.69) is 17.0 Å². The third kappa shape index (κ3) is 6.79. The van der Waals surface area contributed by atoms with Gasteiger partial charge in [0.25, 0.3) is 5.69 Å². The number of amides is 2. The first-order valence-corrected chi connectivity index (χ1v) is 14.5. The molecule has 3 aliphatic rings. The molecule has 226 valence electrons. The van der Waals surface area contributed by atoms with Crippen molar-refractivity contribution in [1.29, 1.82) is 0 Å². The Morgan fingerprint density at radius 3 is 2.00 bits per heavy atom. The predicted molar refractivity (Wildman–Crippen MR) is 149 cm³/mol. The minimum Gasteiger partial charge on any atom is -0.490 e. The first-order valence-electron chi connectivity index (χ1n) is 14.5. The maximum absolute atomic E-state index is 13.4. The second-order valence-electron chi connectivity index (χ2n) is 11.3. The molecule has 0 bridgehead atoms. The van der Waals surface area contributed by atoms with Crippen molar-refractivity contribution in [3.05, 3.63) is 64.2 Å². The summed E-state index contributed by atoms with van der Waals surface area (Å²) < 4.78 is 45.7. The first-order chi connectivity index (χ1) is 20.1. The summed E-state index contributed by atoms with van der Waals surface area (Å²) >= 11 is 0. The van der Waals surface area contributed by atoms with Gasteiger partial charge in [0.15, 0.2) is 0 Å². The van der Waals surface area contributed by atoms with E-state index in [0.29, 0.717) is 51.5 Å². The highest BCUT2D eigenvalue weighted by Gasteiger charge is 2.40. The molecule has 0 N–H and O–H groups in total.